The van der Waals surface area contributed by atoms with E-state index in [2.05, 4.69) is 20.6 Å². The Morgan fingerprint density at radius 3 is 2.28 bits per heavy atom. The maximum atomic E-state index is 13.0. The molecule has 170 valence electrons. The van der Waals surface area contributed by atoms with Crippen LogP contribution in [0.1, 0.15) is 34.7 Å². The lowest BCUT2D eigenvalue weighted by Crippen LogP contribution is -2.51. The van der Waals surface area contributed by atoms with E-state index in [4.69, 9.17) is 0 Å². The highest BCUT2D eigenvalue weighted by Gasteiger charge is 2.26. The molecule has 0 spiro atoms. The zero-order valence-corrected chi connectivity index (χ0v) is 19.6. The molecular formula is C23H28N4O4S. The van der Waals surface area contributed by atoms with Gasteiger partial charge in [-0.3, -0.25) is 20.4 Å². The summed E-state index contributed by atoms with van der Waals surface area (Å²) in [4.78, 5) is 28.0. The quantitative estimate of drug-likeness (QED) is 0.426. The molecule has 0 aliphatic carbocycles. The van der Waals surface area contributed by atoms with Crippen molar-refractivity contribution in [3.05, 3.63) is 64.3 Å². The molecule has 9 heteroatoms. The van der Waals surface area contributed by atoms with Gasteiger partial charge in [0.1, 0.15) is 0 Å². The van der Waals surface area contributed by atoms with Crippen molar-refractivity contribution in [2.75, 3.05) is 0 Å². The predicted octanol–water partition coefficient (Wildman–Crippen LogP) is 2.46. The topological polar surface area (TPSA) is 120 Å². The summed E-state index contributed by atoms with van der Waals surface area (Å²) in [6.07, 6.45) is 1.81. The maximum Gasteiger partial charge on any atom is 0.256 e. The lowest BCUT2D eigenvalue weighted by atomic mass is 10.0. The first kappa shape index (κ1) is 23.5. The molecule has 0 saturated heterocycles. The van der Waals surface area contributed by atoms with Crippen molar-refractivity contribution in [1.82, 2.24) is 20.6 Å². The number of aromatic nitrogens is 1. The molecule has 2 amide bonds. The molecular weight excluding hydrogens is 428 g/mol. The second-order valence-electron chi connectivity index (χ2n) is 8.01. The van der Waals surface area contributed by atoms with Crippen molar-refractivity contribution < 1.29 is 18.0 Å². The molecule has 8 nitrogen and oxygen atoms in total. The number of H-pyrrole nitrogens is 1. The average molecular weight is 457 g/mol. The molecule has 0 unspecified atom stereocenters. The van der Waals surface area contributed by atoms with E-state index in [1.54, 1.807) is 20.0 Å². The molecule has 0 saturated carbocycles. The van der Waals surface area contributed by atoms with Gasteiger partial charge in [-0.1, -0.05) is 24.3 Å². The van der Waals surface area contributed by atoms with Gasteiger partial charge in [-0.25, -0.2) is 8.42 Å². The largest absolute Gasteiger partial charge is 0.361 e. The van der Waals surface area contributed by atoms with Crippen LogP contribution in [0.15, 0.2) is 41.4 Å². The third kappa shape index (κ3) is 4.84. The van der Waals surface area contributed by atoms with Crippen LogP contribution in [0.4, 0.5) is 0 Å². The zero-order chi connectivity index (χ0) is 23.6. The fourth-order valence-electron chi connectivity index (χ4n) is 3.66. The Bertz CT molecular complexity index is 1270. The third-order valence-corrected chi connectivity index (χ3v) is 7.46. The van der Waals surface area contributed by atoms with Gasteiger partial charge in [-0.15, -0.1) is 0 Å². The summed E-state index contributed by atoms with van der Waals surface area (Å²) in [6.45, 7) is 8.60. The van der Waals surface area contributed by atoms with E-state index in [1.165, 1.54) is 6.92 Å². The number of hydrazine groups is 1. The van der Waals surface area contributed by atoms with Gasteiger partial charge >= 0.3 is 0 Å². The third-order valence-electron chi connectivity index (χ3n) is 5.64. The van der Waals surface area contributed by atoms with Gasteiger partial charge in [0.05, 0.1) is 17.4 Å². The number of carbonyl (C=O) groups is 2. The van der Waals surface area contributed by atoms with Crippen molar-refractivity contribution in [2.24, 2.45) is 0 Å². The molecule has 0 radical (unpaired) electrons. The molecule has 1 aromatic heterocycles. The second-order valence-corrected chi connectivity index (χ2v) is 9.66. The number of aromatic amines is 1. The van der Waals surface area contributed by atoms with Gasteiger partial charge < -0.3 is 4.98 Å². The van der Waals surface area contributed by atoms with E-state index in [0.717, 1.165) is 27.6 Å². The molecule has 0 aliphatic heterocycles. The van der Waals surface area contributed by atoms with Crippen LogP contribution in [-0.2, 0) is 26.0 Å². The van der Waals surface area contributed by atoms with Crippen LogP contribution in [0, 0.1) is 27.7 Å². The molecule has 0 bridgehead atoms. The Morgan fingerprint density at radius 1 is 1.00 bits per heavy atom. The number of amides is 2. The van der Waals surface area contributed by atoms with Crippen molar-refractivity contribution in [3.63, 3.8) is 0 Å². The molecule has 3 rings (SSSR count). The number of benzene rings is 2. The molecule has 32 heavy (non-hydrogen) atoms. The highest BCUT2D eigenvalue weighted by Crippen LogP contribution is 2.26. The molecule has 1 heterocycles. The fraction of sp³-hybridized carbons (Fsp3) is 0.304. The van der Waals surface area contributed by atoms with E-state index in [1.807, 2.05) is 44.2 Å². The van der Waals surface area contributed by atoms with Crippen LogP contribution < -0.4 is 15.6 Å². The Labute approximate surface area is 187 Å². The molecule has 0 fully saturated rings. The number of aryl methyl sites for hydroxylation is 2. The van der Waals surface area contributed by atoms with Gasteiger partial charge in [0, 0.05) is 17.1 Å². The van der Waals surface area contributed by atoms with Crippen LogP contribution in [0.2, 0.25) is 0 Å². The van der Waals surface area contributed by atoms with Crippen LogP contribution in [0.5, 0.6) is 0 Å². The minimum Gasteiger partial charge on any atom is -0.361 e. The average Bonchev–Trinajstić information content (AvgIpc) is 3.13. The summed E-state index contributed by atoms with van der Waals surface area (Å²) in [5, 5.41) is 0.925. The maximum absolute atomic E-state index is 13.0. The standard InChI is InChI=1S/C23H28N4O4S/c1-13-10-14(2)16(4)22(15(13)3)32(30,31)27-17(5)23(29)26-25-21(28)11-18-12-24-20-9-7-6-8-19(18)20/h6-10,12,17,24,27H,11H2,1-5H3,(H,25,28)(H,26,29)/t17-/m0/s1. The van der Waals surface area contributed by atoms with E-state index >= 15 is 0 Å². The first-order valence-electron chi connectivity index (χ1n) is 10.2. The van der Waals surface area contributed by atoms with E-state index in [0.29, 0.717) is 11.1 Å². The number of hydrogen-bond donors (Lipinski definition) is 4. The lowest BCUT2D eigenvalue weighted by molar-refractivity contribution is -0.129. The summed E-state index contributed by atoms with van der Waals surface area (Å²) in [7, 11) is -3.94. The van der Waals surface area contributed by atoms with E-state index < -0.39 is 27.9 Å². The van der Waals surface area contributed by atoms with Gasteiger partial charge in [-0.2, -0.15) is 4.72 Å². The number of carbonyl (C=O) groups excluding carboxylic acids is 2. The van der Waals surface area contributed by atoms with Crippen LogP contribution in [0.3, 0.4) is 0 Å². The zero-order valence-electron chi connectivity index (χ0n) is 18.8. The first-order valence-corrected chi connectivity index (χ1v) is 11.7. The smallest absolute Gasteiger partial charge is 0.256 e. The number of nitrogens with one attached hydrogen (secondary N) is 4. The van der Waals surface area contributed by atoms with Crippen molar-refractivity contribution >= 4 is 32.7 Å². The lowest BCUT2D eigenvalue weighted by Gasteiger charge is -2.19. The van der Waals surface area contributed by atoms with Gasteiger partial charge in [0.25, 0.3) is 5.91 Å². The summed E-state index contributed by atoms with van der Waals surface area (Å²) in [5.41, 5.74) is 9.34. The normalized spacial score (nSPS) is 12.5. The highest BCUT2D eigenvalue weighted by atomic mass is 32.2. The molecule has 3 aromatic rings. The Balaban J connectivity index is 1.63. The molecule has 2 aromatic carbocycles. The Hall–Kier alpha value is -3.17. The van der Waals surface area contributed by atoms with Gasteiger partial charge in [0.2, 0.25) is 15.9 Å². The second kappa shape index (κ2) is 9.13. The van der Waals surface area contributed by atoms with Gasteiger partial charge in [-0.05, 0) is 68.5 Å². The monoisotopic (exact) mass is 456 g/mol. The molecule has 4 N–H and O–H groups in total. The number of para-hydroxylation sites is 1. The minimum absolute atomic E-state index is 0.0609. The Morgan fingerprint density at radius 2 is 1.62 bits per heavy atom. The van der Waals surface area contributed by atoms with Crippen molar-refractivity contribution in [2.45, 2.75) is 52.0 Å². The highest BCUT2D eigenvalue weighted by molar-refractivity contribution is 7.89. The molecule has 1 atom stereocenters. The summed E-state index contributed by atoms with van der Waals surface area (Å²) in [6, 6.07) is 8.43. The predicted molar refractivity (Wildman–Crippen MR) is 123 cm³/mol. The first-order chi connectivity index (χ1) is 15.0. The number of rotatable bonds is 6. The number of fused-ring (bicyclic) bond motifs is 1. The fourth-order valence-corrected chi connectivity index (χ4v) is 5.48. The summed E-state index contributed by atoms with van der Waals surface area (Å²) < 4.78 is 28.4. The van der Waals surface area contributed by atoms with Gasteiger partial charge in [0.15, 0.2) is 0 Å². The van der Waals surface area contributed by atoms with E-state index in [-0.39, 0.29) is 11.3 Å². The van der Waals surface area contributed by atoms with Crippen molar-refractivity contribution in [1.29, 1.82) is 0 Å². The van der Waals surface area contributed by atoms with Crippen LogP contribution in [-0.4, -0.2) is 31.3 Å². The van der Waals surface area contributed by atoms with E-state index in [9.17, 15) is 18.0 Å². The SMILES string of the molecule is Cc1cc(C)c(C)c(S(=O)(=O)N[C@@H](C)C(=O)NNC(=O)Cc2c[nH]c3ccccc23)c1C. The number of hydrogen-bond acceptors (Lipinski definition) is 4. The summed E-state index contributed by atoms with van der Waals surface area (Å²) in [5.74, 6) is -1.08. The summed E-state index contributed by atoms with van der Waals surface area (Å²) >= 11 is 0. The van der Waals surface area contributed by atoms with Crippen molar-refractivity contribution in [3.8, 4) is 0 Å². The van der Waals surface area contributed by atoms with Crippen LogP contribution >= 0.6 is 0 Å². The number of sulfonamides is 1. The Kier molecular flexibility index (Phi) is 6.71. The van der Waals surface area contributed by atoms with Crippen LogP contribution in [0.25, 0.3) is 10.9 Å². The minimum atomic E-state index is -3.94. The molecule has 0 aliphatic rings.